The minimum Gasteiger partial charge on any atom is -0.455 e. The van der Waals surface area contributed by atoms with Gasteiger partial charge in [0.25, 0.3) is 0 Å². The van der Waals surface area contributed by atoms with Gasteiger partial charge in [0.15, 0.2) is 0 Å². The number of methoxy groups -OCH3 is 2. The SMILES string of the molecule is CCCCCCCCCC[C@@H](CO[C@@H]1CSC[C@H]1OC[C@H](CCCCCCCCCCCCC1=C[C@H](C)OC1=O)OCOC)OCOC. The highest BCUT2D eigenvalue weighted by atomic mass is 32.2. The molecule has 0 spiro atoms. The second kappa shape index (κ2) is 30.0. The number of ether oxygens (including phenoxy) is 7. The maximum atomic E-state index is 11.7. The molecule has 2 aliphatic heterocycles. The van der Waals surface area contributed by atoms with Gasteiger partial charge in [-0.15, -0.1) is 0 Å². The molecule has 0 bridgehead atoms. The molecule has 2 heterocycles. The van der Waals surface area contributed by atoms with E-state index in [1.165, 1.54) is 103 Å². The first-order chi connectivity index (χ1) is 23.6. The minimum atomic E-state index is -0.115. The van der Waals surface area contributed by atoms with Gasteiger partial charge < -0.3 is 33.2 Å². The standard InChI is InChI=1S/C39H72O8S/c1-5-6-7-8-9-15-18-21-24-35(45-31-41-3)27-43-37-29-48-30-38(37)44-28-36(46-32-42-4)25-22-19-16-13-11-10-12-14-17-20-23-34-26-33(2)47-39(34)40/h26,33,35-38H,5-25,27-32H2,1-4H3/t33-,35-,36-,37+,38+/m0/s1. The van der Waals surface area contributed by atoms with Crippen LogP contribution in [0, 0.1) is 0 Å². The van der Waals surface area contributed by atoms with Crippen LogP contribution in [0.3, 0.4) is 0 Å². The van der Waals surface area contributed by atoms with Crippen molar-refractivity contribution in [2.24, 2.45) is 0 Å². The fraction of sp³-hybridized carbons (Fsp3) is 0.923. The smallest absolute Gasteiger partial charge is 0.334 e. The Labute approximate surface area is 298 Å². The van der Waals surface area contributed by atoms with E-state index < -0.39 is 0 Å². The molecule has 1 fully saturated rings. The Morgan fingerprint density at radius 2 is 1.12 bits per heavy atom. The van der Waals surface area contributed by atoms with Crippen LogP contribution >= 0.6 is 11.8 Å². The average molecular weight is 701 g/mol. The third-order valence-electron chi connectivity index (χ3n) is 9.41. The third kappa shape index (κ3) is 21.5. The summed E-state index contributed by atoms with van der Waals surface area (Å²) < 4.78 is 40.4. The van der Waals surface area contributed by atoms with E-state index in [0.29, 0.717) is 26.8 Å². The van der Waals surface area contributed by atoms with Crippen molar-refractivity contribution in [3.8, 4) is 0 Å². The Hall–Kier alpha value is -0.680. The van der Waals surface area contributed by atoms with Crippen molar-refractivity contribution >= 4 is 17.7 Å². The normalized spacial score (nSPS) is 20.7. The van der Waals surface area contributed by atoms with Crippen LogP contribution in [0.1, 0.15) is 149 Å². The molecule has 0 radical (unpaired) electrons. The second-order valence-corrected chi connectivity index (χ2v) is 14.9. The zero-order valence-corrected chi connectivity index (χ0v) is 32.0. The van der Waals surface area contributed by atoms with Crippen LogP contribution in [0.4, 0.5) is 0 Å². The Morgan fingerprint density at radius 1 is 0.688 bits per heavy atom. The quantitative estimate of drug-likeness (QED) is 0.0370. The molecule has 282 valence electrons. The maximum Gasteiger partial charge on any atom is 0.334 e. The lowest BCUT2D eigenvalue weighted by Gasteiger charge is -2.25. The summed E-state index contributed by atoms with van der Waals surface area (Å²) in [5.41, 5.74) is 0.872. The van der Waals surface area contributed by atoms with Gasteiger partial charge in [0.1, 0.15) is 19.7 Å². The monoisotopic (exact) mass is 700 g/mol. The first-order valence-electron chi connectivity index (χ1n) is 19.5. The molecule has 2 aliphatic rings. The van der Waals surface area contributed by atoms with Crippen LogP contribution in [0.25, 0.3) is 0 Å². The largest absolute Gasteiger partial charge is 0.455 e. The van der Waals surface area contributed by atoms with Crippen LogP contribution in [0.15, 0.2) is 11.6 Å². The van der Waals surface area contributed by atoms with Gasteiger partial charge in [0.05, 0.1) is 37.6 Å². The van der Waals surface area contributed by atoms with E-state index in [4.69, 9.17) is 33.2 Å². The zero-order chi connectivity index (χ0) is 34.5. The Kier molecular flexibility index (Phi) is 27.2. The first-order valence-corrected chi connectivity index (χ1v) is 20.7. The van der Waals surface area contributed by atoms with Crippen molar-refractivity contribution in [3.05, 3.63) is 11.6 Å². The van der Waals surface area contributed by atoms with Crippen molar-refractivity contribution in [2.75, 3.05) is 52.5 Å². The van der Waals surface area contributed by atoms with Crippen LogP contribution in [0.5, 0.6) is 0 Å². The summed E-state index contributed by atoms with van der Waals surface area (Å²) in [5.74, 6) is 1.79. The number of rotatable bonds is 34. The summed E-state index contributed by atoms with van der Waals surface area (Å²) >= 11 is 1.90. The Balaban J connectivity index is 1.54. The van der Waals surface area contributed by atoms with E-state index in [1.807, 2.05) is 24.8 Å². The van der Waals surface area contributed by atoms with Gasteiger partial charge in [-0.3, -0.25) is 0 Å². The van der Waals surface area contributed by atoms with Gasteiger partial charge in [0.2, 0.25) is 0 Å². The fourth-order valence-electron chi connectivity index (χ4n) is 6.47. The number of unbranched alkanes of at least 4 members (excludes halogenated alkanes) is 16. The molecule has 2 rings (SSSR count). The lowest BCUT2D eigenvalue weighted by atomic mass is 10.0. The third-order valence-corrected chi connectivity index (χ3v) is 10.5. The number of carbonyl (C=O) groups is 1. The molecule has 48 heavy (non-hydrogen) atoms. The molecule has 5 atom stereocenters. The zero-order valence-electron chi connectivity index (χ0n) is 31.2. The van der Waals surface area contributed by atoms with Crippen molar-refractivity contribution in [3.63, 3.8) is 0 Å². The summed E-state index contributed by atoms with van der Waals surface area (Å²) in [6.45, 7) is 5.96. The number of thioether (sulfide) groups is 1. The Bertz CT molecular complexity index is 796. The molecule has 8 nitrogen and oxygen atoms in total. The predicted octanol–water partition coefficient (Wildman–Crippen LogP) is 9.57. The molecule has 0 N–H and O–H groups in total. The van der Waals surface area contributed by atoms with Crippen LogP contribution in [0.2, 0.25) is 0 Å². The number of esters is 1. The number of hydrogen-bond donors (Lipinski definition) is 0. The molecule has 0 aromatic heterocycles. The summed E-state index contributed by atoms with van der Waals surface area (Å²) in [6.07, 6.45) is 27.9. The summed E-state index contributed by atoms with van der Waals surface area (Å²) in [6, 6.07) is 0. The van der Waals surface area contributed by atoms with Gasteiger partial charge in [-0.25, -0.2) is 4.79 Å². The van der Waals surface area contributed by atoms with Crippen LogP contribution in [-0.2, 0) is 38.0 Å². The van der Waals surface area contributed by atoms with E-state index in [2.05, 4.69) is 6.92 Å². The molecule has 9 heteroatoms. The molecule has 0 aliphatic carbocycles. The molecule has 0 aromatic rings. The Morgan fingerprint density at radius 3 is 1.54 bits per heavy atom. The fourth-order valence-corrected chi connectivity index (χ4v) is 7.69. The summed E-state index contributed by atoms with van der Waals surface area (Å²) in [7, 11) is 3.35. The molecular formula is C39H72O8S. The lowest BCUT2D eigenvalue weighted by molar-refractivity contribution is -0.139. The number of carbonyl (C=O) groups excluding carboxylic acids is 1. The molecule has 0 aromatic carbocycles. The van der Waals surface area contributed by atoms with Gasteiger partial charge in [-0.1, -0.05) is 116 Å². The number of cyclic esters (lactones) is 1. The molecule has 0 unspecified atom stereocenters. The van der Waals surface area contributed by atoms with E-state index in [1.54, 1.807) is 14.2 Å². The van der Waals surface area contributed by atoms with Crippen molar-refractivity contribution in [1.82, 2.24) is 0 Å². The highest BCUT2D eigenvalue weighted by molar-refractivity contribution is 7.99. The van der Waals surface area contributed by atoms with E-state index in [9.17, 15) is 4.79 Å². The minimum absolute atomic E-state index is 0.0426. The average Bonchev–Trinajstić information content (AvgIpc) is 3.68. The summed E-state index contributed by atoms with van der Waals surface area (Å²) in [5, 5.41) is 0. The van der Waals surface area contributed by atoms with E-state index in [-0.39, 0.29) is 36.5 Å². The van der Waals surface area contributed by atoms with Crippen molar-refractivity contribution in [1.29, 1.82) is 0 Å². The lowest BCUT2D eigenvalue weighted by Crippen LogP contribution is -2.36. The van der Waals surface area contributed by atoms with Gasteiger partial charge in [0, 0.05) is 31.3 Å². The molecule has 0 amide bonds. The topological polar surface area (TPSA) is 81.7 Å². The predicted molar refractivity (Wildman–Crippen MR) is 197 cm³/mol. The molecule has 1 saturated heterocycles. The van der Waals surface area contributed by atoms with Gasteiger partial charge in [-0.05, 0) is 38.7 Å². The first kappa shape index (κ1) is 43.5. The van der Waals surface area contributed by atoms with Crippen molar-refractivity contribution < 1.29 is 38.0 Å². The van der Waals surface area contributed by atoms with Crippen molar-refractivity contribution in [2.45, 2.75) is 179 Å². The number of hydrogen-bond acceptors (Lipinski definition) is 9. The van der Waals surface area contributed by atoms with E-state index in [0.717, 1.165) is 49.2 Å². The van der Waals surface area contributed by atoms with Crippen LogP contribution < -0.4 is 0 Å². The second-order valence-electron chi connectivity index (χ2n) is 13.8. The molecule has 0 saturated carbocycles. The van der Waals surface area contributed by atoms with Gasteiger partial charge >= 0.3 is 5.97 Å². The summed E-state index contributed by atoms with van der Waals surface area (Å²) in [4.78, 5) is 11.7. The highest BCUT2D eigenvalue weighted by Gasteiger charge is 2.31. The van der Waals surface area contributed by atoms with E-state index >= 15 is 0 Å². The van der Waals surface area contributed by atoms with Crippen LogP contribution in [-0.4, -0.2) is 89.0 Å². The maximum absolute atomic E-state index is 11.7. The highest BCUT2D eigenvalue weighted by Crippen LogP contribution is 2.26. The molecular weight excluding hydrogens is 628 g/mol. The van der Waals surface area contributed by atoms with Gasteiger partial charge in [-0.2, -0.15) is 11.8 Å².